The van der Waals surface area contributed by atoms with E-state index in [4.69, 9.17) is 10.7 Å². The molecule has 0 fully saturated rings. The van der Waals surface area contributed by atoms with E-state index in [-0.39, 0.29) is 24.1 Å². The van der Waals surface area contributed by atoms with Gasteiger partial charge in [-0.3, -0.25) is 14.5 Å². The summed E-state index contributed by atoms with van der Waals surface area (Å²) in [5.74, 6) is 0.927. The van der Waals surface area contributed by atoms with Gasteiger partial charge in [-0.05, 0) is 48.2 Å². The summed E-state index contributed by atoms with van der Waals surface area (Å²) in [6, 6.07) is 11.3. The summed E-state index contributed by atoms with van der Waals surface area (Å²) in [5, 5.41) is 10.8. The molecule has 2 aromatic carbocycles. The number of imide groups is 1. The number of benzene rings is 2. The molecule has 0 atom stereocenters. The highest BCUT2D eigenvalue weighted by Gasteiger charge is 2.24. The Labute approximate surface area is 202 Å². The first-order chi connectivity index (χ1) is 16.9. The average Bonchev–Trinajstić information content (AvgIpc) is 3.36. The first kappa shape index (κ1) is 22.6. The molecule has 0 unspecified atom stereocenters. The van der Waals surface area contributed by atoms with Crippen LogP contribution >= 0.6 is 0 Å². The van der Waals surface area contributed by atoms with Gasteiger partial charge < -0.3 is 15.4 Å². The van der Waals surface area contributed by atoms with Crippen molar-refractivity contribution in [3.63, 3.8) is 0 Å². The number of hydrogen-bond donors (Lipinski definition) is 2. The molecule has 8 nitrogen and oxygen atoms in total. The number of pyridine rings is 1. The minimum atomic E-state index is -0.315. The Balaban J connectivity index is 1.67. The number of hydrogen-bond acceptors (Lipinski definition) is 6. The van der Waals surface area contributed by atoms with Crippen LogP contribution in [0.5, 0.6) is 5.75 Å². The van der Waals surface area contributed by atoms with Gasteiger partial charge in [0.2, 0.25) is 0 Å². The first-order valence-electron chi connectivity index (χ1n) is 11.7. The van der Waals surface area contributed by atoms with Crippen molar-refractivity contribution in [3.05, 3.63) is 71.1 Å². The topological polar surface area (TPSA) is 114 Å². The number of aryl methyl sites for hydroxylation is 2. The molecule has 1 aliphatic rings. The number of nitrogens with two attached hydrogens (primary N) is 1. The number of nitrogens with zero attached hydrogens (tertiary/aromatic N) is 4. The van der Waals surface area contributed by atoms with E-state index in [1.807, 2.05) is 37.3 Å². The molecule has 8 heteroatoms. The second kappa shape index (κ2) is 8.87. The van der Waals surface area contributed by atoms with Gasteiger partial charge >= 0.3 is 0 Å². The first-order valence-corrected chi connectivity index (χ1v) is 11.7. The molecule has 0 radical (unpaired) electrons. The molecule has 3 N–H and O–H groups in total. The van der Waals surface area contributed by atoms with E-state index in [0.29, 0.717) is 17.9 Å². The van der Waals surface area contributed by atoms with Crippen LogP contribution in [0.3, 0.4) is 0 Å². The molecular weight excluding hydrogens is 442 g/mol. The smallest absolute Gasteiger partial charge is 0.253 e. The average molecular weight is 470 g/mol. The summed E-state index contributed by atoms with van der Waals surface area (Å²) >= 11 is 0. The van der Waals surface area contributed by atoms with Crippen molar-refractivity contribution in [3.8, 4) is 5.75 Å². The number of unbranched alkanes of at least 4 members (excludes halogenated alkanes) is 1. The summed E-state index contributed by atoms with van der Waals surface area (Å²) in [6.07, 6.45) is 5.40. The Hall–Kier alpha value is -4.20. The van der Waals surface area contributed by atoms with Crippen molar-refractivity contribution in [2.45, 2.75) is 46.2 Å². The van der Waals surface area contributed by atoms with Gasteiger partial charge in [-0.25, -0.2) is 9.97 Å². The lowest BCUT2D eigenvalue weighted by atomic mass is 10.1. The van der Waals surface area contributed by atoms with Crippen molar-refractivity contribution >= 4 is 39.6 Å². The predicted octanol–water partition coefficient (Wildman–Crippen LogP) is 4.00. The van der Waals surface area contributed by atoms with Crippen molar-refractivity contribution < 1.29 is 14.7 Å². The molecule has 3 heterocycles. The molecule has 4 aromatic rings. The van der Waals surface area contributed by atoms with Gasteiger partial charge in [-0.1, -0.05) is 31.5 Å². The molecule has 178 valence electrons. The Bertz CT molecular complexity index is 1500. The van der Waals surface area contributed by atoms with Crippen LogP contribution in [0.1, 0.15) is 42.3 Å². The van der Waals surface area contributed by atoms with Crippen molar-refractivity contribution in [1.29, 1.82) is 0 Å². The summed E-state index contributed by atoms with van der Waals surface area (Å²) in [6.45, 7) is 4.76. The maximum Gasteiger partial charge on any atom is 0.253 e. The number of phenols is 1. The molecule has 0 bridgehead atoms. The lowest BCUT2D eigenvalue weighted by Gasteiger charge is -2.15. The molecular formula is C27H27N5O3. The maximum absolute atomic E-state index is 12.1. The quantitative estimate of drug-likeness (QED) is 0.396. The predicted molar refractivity (Wildman–Crippen MR) is 135 cm³/mol. The molecule has 0 aliphatic carbocycles. The Morgan fingerprint density at radius 2 is 1.69 bits per heavy atom. The number of nitrogen functional groups attached to an aromatic ring is 1. The number of aromatic hydroxyl groups is 1. The molecule has 0 saturated carbocycles. The van der Waals surface area contributed by atoms with Crippen LogP contribution in [0.2, 0.25) is 0 Å². The van der Waals surface area contributed by atoms with E-state index in [1.165, 1.54) is 17.1 Å². The lowest BCUT2D eigenvalue weighted by molar-refractivity contribution is -0.137. The number of fused-ring (bicyclic) bond motifs is 3. The second-order valence-corrected chi connectivity index (χ2v) is 8.98. The Morgan fingerprint density at radius 3 is 2.40 bits per heavy atom. The zero-order valence-corrected chi connectivity index (χ0v) is 19.8. The number of rotatable bonds is 7. The van der Waals surface area contributed by atoms with Gasteiger partial charge in [0.05, 0.1) is 17.6 Å². The zero-order valence-electron chi connectivity index (χ0n) is 19.8. The van der Waals surface area contributed by atoms with Gasteiger partial charge in [0.25, 0.3) is 11.8 Å². The monoisotopic (exact) mass is 469 g/mol. The van der Waals surface area contributed by atoms with Crippen LogP contribution in [0.15, 0.2) is 48.6 Å². The normalized spacial score (nSPS) is 13.6. The van der Waals surface area contributed by atoms with Crippen LogP contribution in [0.4, 0.5) is 5.82 Å². The second-order valence-electron chi connectivity index (χ2n) is 8.98. The minimum Gasteiger partial charge on any atom is -0.508 e. The van der Waals surface area contributed by atoms with Crippen molar-refractivity contribution in [2.24, 2.45) is 0 Å². The molecule has 0 spiro atoms. The summed E-state index contributed by atoms with van der Waals surface area (Å²) in [7, 11) is 0. The van der Waals surface area contributed by atoms with Crippen LogP contribution < -0.4 is 5.73 Å². The summed E-state index contributed by atoms with van der Waals surface area (Å²) in [5.41, 5.74) is 11.3. The SMILES string of the molecule is CCCCc1nc2c(N)nc3ccc(CN4C(=O)C=CC4=O)cc3c2n1Cc1ccc(O)c(C)c1. The van der Waals surface area contributed by atoms with Crippen molar-refractivity contribution in [2.75, 3.05) is 5.73 Å². The van der Waals surface area contributed by atoms with Crippen LogP contribution in [0, 0.1) is 6.92 Å². The number of aromatic nitrogens is 3. The van der Waals surface area contributed by atoms with E-state index in [1.54, 1.807) is 6.07 Å². The van der Waals surface area contributed by atoms with Gasteiger partial charge in [0.15, 0.2) is 5.82 Å². The van der Waals surface area contributed by atoms with Gasteiger partial charge in [0, 0.05) is 30.5 Å². The zero-order chi connectivity index (χ0) is 24.7. The standard InChI is InChI=1S/C27H27N5O3/c1-3-4-5-22-30-25-26(31(22)14-17-7-9-21(33)16(2)12-17)19-13-18(6-8-20(19)29-27(25)28)15-32-23(34)10-11-24(32)35/h6-13,33H,3-5,14-15H2,1-2H3,(H2,28,29). The van der Waals surface area contributed by atoms with Crippen LogP contribution in [-0.4, -0.2) is 36.4 Å². The summed E-state index contributed by atoms with van der Waals surface area (Å²) < 4.78 is 2.18. The number of amides is 2. The molecule has 35 heavy (non-hydrogen) atoms. The van der Waals surface area contributed by atoms with Gasteiger partial charge in [-0.2, -0.15) is 0 Å². The van der Waals surface area contributed by atoms with E-state index >= 15 is 0 Å². The molecule has 0 saturated heterocycles. The number of anilines is 1. The number of phenolic OH excluding ortho intramolecular Hbond substituents is 1. The minimum absolute atomic E-state index is 0.181. The van der Waals surface area contributed by atoms with Crippen LogP contribution in [0.25, 0.3) is 21.9 Å². The number of imidazole rings is 1. The van der Waals surface area contributed by atoms with E-state index in [9.17, 15) is 14.7 Å². The van der Waals surface area contributed by atoms with Crippen molar-refractivity contribution in [1.82, 2.24) is 19.4 Å². The third kappa shape index (κ3) is 4.12. The maximum atomic E-state index is 12.1. The Morgan fingerprint density at radius 1 is 0.971 bits per heavy atom. The van der Waals surface area contributed by atoms with Gasteiger partial charge in [0.1, 0.15) is 17.1 Å². The Kier molecular flexibility index (Phi) is 5.72. The largest absolute Gasteiger partial charge is 0.508 e. The highest BCUT2D eigenvalue weighted by molar-refractivity contribution is 6.13. The van der Waals surface area contributed by atoms with Crippen LogP contribution in [-0.2, 0) is 29.1 Å². The third-order valence-electron chi connectivity index (χ3n) is 6.44. The highest BCUT2D eigenvalue weighted by Crippen LogP contribution is 2.31. The molecule has 2 amide bonds. The fraction of sp³-hybridized carbons (Fsp3) is 0.259. The number of carbonyl (C=O) groups excluding carboxylic acids is 2. The van der Waals surface area contributed by atoms with E-state index < -0.39 is 0 Å². The van der Waals surface area contributed by atoms with E-state index in [2.05, 4.69) is 16.5 Å². The highest BCUT2D eigenvalue weighted by atomic mass is 16.3. The van der Waals surface area contributed by atoms with E-state index in [0.717, 1.165) is 58.2 Å². The fourth-order valence-electron chi connectivity index (χ4n) is 4.57. The summed E-state index contributed by atoms with van der Waals surface area (Å²) in [4.78, 5) is 34.8. The number of carbonyl (C=O) groups is 2. The lowest BCUT2D eigenvalue weighted by Crippen LogP contribution is -2.29. The fourth-order valence-corrected chi connectivity index (χ4v) is 4.57. The molecule has 2 aromatic heterocycles. The molecule has 5 rings (SSSR count). The third-order valence-corrected chi connectivity index (χ3v) is 6.44. The molecule has 1 aliphatic heterocycles. The van der Waals surface area contributed by atoms with Gasteiger partial charge in [-0.15, -0.1) is 0 Å².